The van der Waals surface area contributed by atoms with Gasteiger partial charge in [-0.15, -0.1) is 0 Å². The van der Waals surface area contributed by atoms with Crippen LogP contribution in [-0.4, -0.2) is 41.1 Å². The van der Waals surface area contributed by atoms with Crippen LogP contribution in [0.15, 0.2) is 51.6 Å². The fraction of sp³-hybridized carbons (Fsp3) is 0.350. The average molecular weight is 440 g/mol. The van der Waals surface area contributed by atoms with Crippen molar-refractivity contribution in [3.63, 3.8) is 0 Å². The number of benzene rings is 1. The number of hydrazine groups is 1. The van der Waals surface area contributed by atoms with E-state index in [0.717, 1.165) is 17.3 Å². The Labute approximate surface area is 177 Å². The van der Waals surface area contributed by atoms with Crippen LogP contribution in [0.2, 0.25) is 0 Å². The first-order chi connectivity index (χ1) is 14.4. The van der Waals surface area contributed by atoms with Crippen molar-refractivity contribution in [2.75, 3.05) is 6.54 Å². The molecular weight excluding hydrogens is 416 g/mol. The first kappa shape index (κ1) is 24.1. The topological polar surface area (TPSA) is 100 Å². The number of rotatable bonds is 3. The molecule has 0 saturated heterocycles. The zero-order valence-corrected chi connectivity index (χ0v) is 17.4. The van der Waals surface area contributed by atoms with Crippen molar-refractivity contribution in [3.8, 4) is 0 Å². The number of halogens is 4. The summed E-state index contributed by atoms with van der Waals surface area (Å²) >= 11 is 0. The lowest BCUT2D eigenvalue weighted by molar-refractivity contribution is -0.138. The Kier molecular flexibility index (Phi) is 7.21. The van der Waals surface area contributed by atoms with Gasteiger partial charge in [0.2, 0.25) is 5.96 Å². The van der Waals surface area contributed by atoms with Crippen molar-refractivity contribution in [2.45, 2.75) is 39.4 Å². The number of hydrogen-bond acceptors (Lipinski definition) is 4. The minimum absolute atomic E-state index is 0.0545. The van der Waals surface area contributed by atoms with Crippen molar-refractivity contribution < 1.29 is 22.4 Å². The van der Waals surface area contributed by atoms with Crippen molar-refractivity contribution in [1.82, 2.24) is 9.91 Å². The molecule has 0 fully saturated rings. The van der Waals surface area contributed by atoms with Crippen LogP contribution >= 0.6 is 0 Å². The molecule has 0 aliphatic carbocycles. The third-order valence-corrected chi connectivity index (χ3v) is 4.87. The van der Waals surface area contributed by atoms with Gasteiger partial charge in [0.1, 0.15) is 5.83 Å². The number of aliphatic imine (C=N–C) groups is 2. The molecule has 1 aliphatic rings. The number of guanidine groups is 1. The summed E-state index contributed by atoms with van der Waals surface area (Å²) in [6.45, 7) is 7.45. The summed E-state index contributed by atoms with van der Waals surface area (Å²) < 4.78 is 52.6. The number of alkyl halides is 3. The van der Waals surface area contributed by atoms with E-state index in [1.54, 1.807) is 6.92 Å². The van der Waals surface area contributed by atoms with Crippen LogP contribution in [0.4, 0.5) is 17.6 Å². The Morgan fingerprint density at radius 1 is 1.39 bits per heavy atom. The number of nitrogens with zero attached hydrogens (tertiary/aromatic N) is 4. The van der Waals surface area contributed by atoms with E-state index in [1.165, 1.54) is 30.9 Å². The van der Waals surface area contributed by atoms with Gasteiger partial charge in [-0.1, -0.05) is 6.07 Å². The fourth-order valence-corrected chi connectivity index (χ4v) is 3.25. The van der Waals surface area contributed by atoms with Gasteiger partial charge in [-0.3, -0.25) is 4.79 Å². The Hall–Kier alpha value is -3.21. The van der Waals surface area contributed by atoms with Crippen molar-refractivity contribution >= 4 is 18.6 Å². The van der Waals surface area contributed by atoms with Crippen molar-refractivity contribution in [1.29, 1.82) is 0 Å². The van der Waals surface area contributed by atoms with Crippen molar-refractivity contribution in [3.05, 3.63) is 58.3 Å². The van der Waals surface area contributed by atoms with Crippen LogP contribution in [-0.2, 0) is 6.18 Å². The Bertz CT molecular complexity index is 963. The standard InChI is InChI=1S/C20H24F4N6O/c1-11(21)9-28-19(27-4)30(26)17-8-12(2)29(10-16(17)25)18(31)14-6-5-7-15(13(14)3)20(22,23)24/h5-7,9,12H,4,8,10,25-26H2,1-3H3/b11-9+,28-19?. The van der Waals surface area contributed by atoms with E-state index in [9.17, 15) is 22.4 Å². The molecule has 0 bridgehead atoms. The quantitative estimate of drug-likeness (QED) is 0.247. The van der Waals surface area contributed by atoms with Gasteiger partial charge in [0, 0.05) is 23.7 Å². The molecule has 1 heterocycles. The molecule has 1 aliphatic heterocycles. The Balaban J connectivity index is 2.36. The summed E-state index contributed by atoms with van der Waals surface area (Å²) in [4.78, 5) is 21.9. The largest absolute Gasteiger partial charge is 0.416 e. The molecule has 1 aromatic rings. The zero-order chi connectivity index (χ0) is 23.5. The van der Waals surface area contributed by atoms with Gasteiger partial charge >= 0.3 is 6.18 Å². The maximum absolute atomic E-state index is 13.2. The van der Waals surface area contributed by atoms with Gasteiger partial charge in [0.05, 0.1) is 24.0 Å². The SMILES string of the molecule is C=NC(=N/C=C(\C)F)N(N)C1=C(N)CN(C(=O)c2cccc(C(F)(F)F)c2C)C(C)C1. The lowest BCUT2D eigenvalue weighted by atomic mass is 9.98. The van der Waals surface area contributed by atoms with Gasteiger partial charge < -0.3 is 10.6 Å². The van der Waals surface area contributed by atoms with Crippen LogP contribution in [0.25, 0.3) is 0 Å². The minimum atomic E-state index is -4.57. The number of amides is 1. The van der Waals surface area contributed by atoms with Crippen LogP contribution in [0, 0.1) is 6.92 Å². The minimum Gasteiger partial charge on any atom is -0.399 e. The highest BCUT2D eigenvalue weighted by Gasteiger charge is 2.36. The number of carbonyl (C=O) groups excluding carboxylic acids is 1. The molecule has 7 nitrogen and oxygen atoms in total. The summed E-state index contributed by atoms with van der Waals surface area (Å²) in [5, 5.41) is 1.05. The summed E-state index contributed by atoms with van der Waals surface area (Å²) in [5.74, 6) is 4.77. The smallest absolute Gasteiger partial charge is 0.399 e. The zero-order valence-electron chi connectivity index (χ0n) is 17.4. The summed E-state index contributed by atoms with van der Waals surface area (Å²) in [6.07, 6.45) is -3.47. The second-order valence-corrected chi connectivity index (χ2v) is 7.11. The molecule has 1 atom stereocenters. The van der Waals surface area contributed by atoms with Crippen molar-refractivity contribution in [2.24, 2.45) is 21.6 Å². The number of hydrogen-bond donors (Lipinski definition) is 2. The number of carbonyl (C=O) groups is 1. The third-order valence-electron chi connectivity index (χ3n) is 4.87. The molecule has 1 unspecified atom stereocenters. The molecule has 168 valence electrons. The molecular formula is C20H24F4N6O. The molecule has 0 saturated carbocycles. The predicted octanol–water partition coefficient (Wildman–Crippen LogP) is 3.48. The Morgan fingerprint density at radius 3 is 2.58 bits per heavy atom. The van der Waals surface area contributed by atoms with Gasteiger partial charge in [-0.05, 0) is 45.2 Å². The van der Waals surface area contributed by atoms with E-state index in [4.69, 9.17) is 11.6 Å². The van der Waals surface area contributed by atoms with Gasteiger partial charge in [-0.2, -0.15) is 13.2 Å². The van der Waals surface area contributed by atoms with E-state index in [1.807, 2.05) is 0 Å². The summed E-state index contributed by atoms with van der Waals surface area (Å²) in [7, 11) is 0. The lowest BCUT2D eigenvalue weighted by Gasteiger charge is -2.37. The Morgan fingerprint density at radius 2 is 2.03 bits per heavy atom. The van der Waals surface area contributed by atoms with Crippen LogP contribution in [0.1, 0.15) is 41.8 Å². The molecule has 4 N–H and O–H groups in total. The average Bonchev–Trinajstić information content (AvgIpc) is 2.68. The van der Waals surface area contributed by atoms with E-state index in [0.29, 0.717) is 5.70 Å². The molecule has 1 amide bonds. The first-order valence-corrected chi connectivity index (χ1v) is 9.25. The monoisotopic (exact) mass is 440 g/mol. The highest BCUT2D eigenvalue weighted by atomic mass is 19.4. The van der Waals surface area contributed by atoms with Gasteiger partial charge in [-0.25, -0.2) is 25.2 Å². The van der Waals surface area contributed by atoms with Gasteiger partial charge in [0.25, 0.3) is 5.91 Å². The predicted molar refractivity (Wildman–Crippen MR) is 110 cm³/mol. The fourth-order valence-electron chi connectivity index (χ4n) is 3.25. The van der Waals surface area contributed by atoms with Gasteiger partial charge in [0.15, 0.2) is 0 Å². The molecule has 1 aromatic carbocycles. The number of nitrogens with two attached hydrogens (primary N) is 2. The van der Waals surface area contributed by atoms with Crippen LogP contribution in [0.5, 0.6) is 0 Å². The highest BCUT2D eigenvalue weighted by molar-refractivity contribution is 5.96. The molecule has 2 rings (SSSR count). The molecule has 0 radical (unpaired) electrons. The first-order valence-electron chi connectivity index (χ1n) is 9.25. The second kappa shape index (κ2) is 9.29. The number of allylic oxidation sites excluding steroid dienone is 1. The summed E-state index contributed by atoms with van der Waals surface area (Å²) in [6, 6.07) is 3.03. The van der Waals surface area contributed by atoms with E-state index >= 15 is 0 Å². The lowest BCUT2D eigenvalue weighted by Crippen LogP contribution is -2.49. The molecule has 0 spiro atoms. The second-order valence-electron chi connectivity index (χ2n) is 7.11. The molecule has 31 heavy (non-hydrogen) atoms. The summed E-state index contributed by atoms with van der Waals surface area (Å²) in [5.41, 5.74) is 5.64. The van der Waals surface area contributed by atoms with Crippen LogP contribution in [0.3, 0.4) is 0 Å². The third kappa shape index (κ3) is 5.29. The van der Waals surface area contributed by atoms with Crippen LogP contribution < -0.4 is 11.6 Å². The maximum Gasteiger partial charge on any atom is 0.416 e. The van der Waals surface area contributed by atoms with E-state index < -0.39 is 29.5 Å². The van der Waals surface area contributed by atoms with E-state index in [-0.39, 0.29) is 35.7 Å². The highest BCUT2D eigenvalue weighted by Crippen LogP contribution is 2.34. The normalized spacial score (nSPS) is 18.3. The molecule has 0 aromatic heterocycles. The maximum atomic E-state index is 13.2. The molecule has 11 heteroatoms. The van der Waals surface area contributed by atoms with E-state index in [2.05, 4.69) is 16.7 Å².